The van der Waals surface area contributed by atoms with Gasteiger partial charge in [-0.3, -0.25) is 0 Å². The minimum atomic E-state index is 0.267. The van der Waals surface area contributed by atoms with Gasteiger partial charge in [-0.05, 0) is 25.2 Å². The lowest BCUT2D eigenvalue weighted by molar-refractivity contribution is 0.234. The normalized spacial score (nSPS) is 21.7. The summed E-state index contributed by atoms with van der Waals surface area (Å²) in [7, 11) is 0. The summed E-state index contributed by atoms with van der Waals surface area (Å²) < 4.78 is 0. The maximum Gasteiger partial charge on any atom is 0.0556 e. The molecule has 0 aliphatic heterocycles. The zero-order chi connectivity index (χ0) is 9.52. The molecule has 0 saturated heterocycles. The van der Waals surface area contributed by atoms with Crippen LogP contribution in [0.5, 0.6) is 0 Å². The number of hydrogen-bond donors (Lipinski definition) is 2. The standard InChI is InChI=1S/C11H23NO/c1-2-11(12-8-9-13)10-6-4-3-5-7-10/h10-13H,2-9H2,1H3. The largest absolute Gasteiger partial charge is 0.395 e. The SMILES string of the molecule is CCC(NCCO)C1CCCCC1. The van der Waals surface area contributed by atoms with Gasteiger partial charge in [0.1, 0.15) is 0 Å². The summed E-state index contributed by atoms with van der Waals surface area (Å²) in [6.45, 7) is 3.27. The molecule has 2 N–H and O–H groups in total. The Labute approximate surface area is 81.7 Å². The van der Waals surface area contributed by atoms with E-state index in [0.717, 1.165) is 12.5 Å². The van der Waals surface area contributed by atoms with Gasteiger partial charge in [-0.25, -0.2) is 0 Å². The number of aliphatic hydroxyl groups is 1. The van der Waals surface area contributed by atoms with Gasteiger partial charge in [-0.15, -0.1) is 0 Å². The van der Waals surface area contributed by atoms with Crippen LogP contribution in [-0.4, -0.2) is 24.3 Å². The second-order valence-corrected chi connectivity index (χ2v) is 4.09. The Kier molecular flexibility index (Phi) is 5.40. The van der Waals surface area contributed by atoms with E-state index in [2.05, 4.69) is 12.2 Å². The number of nitrogens with one attached hydrogen (secondary N) is 1. The van der Waals surface area contributed by atoms with Crippen LogP contribution in [0.3, 0.4) is 0 Å². The molecule has 0 heterocycles. The highest BCUT2D eigenvalue weighted by Gasteiger charge is 2.21. The van der Waals surface area contributed by atoms with E-state index in [1.165, 1.54) is 38.5 Å². The highest BCUT2D eigenvalue weighted by atomic mass is 16.3. The lowest BCUT2D eigenvalue weighted by Crippen LogP contribution is -2.38. The molecule has 2 heteroatoms. The van der Waals surface area contributed by atoms with E-state index in [4.69, 9.17) is 5.11 Å². The van der Waals surface area contributed by atoms with Crippen LogP contribution in [0.25, 0.3) is 0 Å². The van der Waals surface area contributed by atoms with Crippen LogP contribution in [0, 0.1) is 5.92 Å². The number of hydrogen-bond acceptors (Lipinski definition) is 2. The lowest BCUT2D eigenvalue weighted by Gasteiger charge is -2.30. The smallest absolute Gasteiger partial charge is 0.0556 e. The van der Waals surface area contributed by atoms with Crippen LogP contribution in [0.15, 0.2) is 0 Å². The van der Waals surface area contributed by atoms with Gasteiger partial charge in [0.05, 0.1) is 6.61 Å². The fourth-order valence-corrected chi connectivity index (χ4v) is 2.43. The zero-order valence-corrected chi connectivity index (χ0v) is 8.76. The van der Waals surface area contributed by atoms with Crippen LogP contribution in [0.1, 0.15) is 45.4 Å². The van der Waals surface area contributed by atoms with Crippen LogP contribution < -0.4 is 5.32 Å². The minimum absolute atomic E-state index is 0.267. The third kappa shape index (κ3) is 3.65. The summed E-state index contributed by atoms with van der Waals surface area (Å²) in [6, 6.07) is 0.646. The Hall–Kier alpha value is -0.0800. The van der Waals surface area contributed by atoms with Gasteiger partial charge in [0.2, 0.25) is 0 Å². The van der Waals surface area contributed by atoms with Crippen molar-refractivity contribution in [2.24, 2.45) is 5.92 Å². The first-order chi connectivity index (χ1) is 6.38. The monoisotopic (exact) mass is 185 g/mol. The Morgan fingerprint density at radius 2 is 2.00 bits per heavy atom. The topological polar surface area (TPSA) is 32.3 Å². The Balaban J connectivity index is 2.26. The van der Waals surface area contributed by atoms with Crippen LogP contribution >= 0.6 is 0 Å². The Morgan fingerprint density at radius 1 is 1.31 bits per heavy atom. The van der Waals surface area contributed by atoms with Crippen LogP contribution in [0.4, 0.5) is 0 Å². The van der Waals surface area contributed by atoms with Gasteiger partial charge in [0, 0.05) is 12.6 Å². The Morgan fingerprint density at radius 3 is 2.54 bits per heavy atom. The molecular formula is C11H23NO. The van der Waals surface area contributed by atoms with Crippen molar-refractivity contribution < 1.29 is 5.11 Å². The zero-order valence-electron chi connectivity index (χ0n) is 8.76. The van der Waals surface area contributed by atoms with E-state index in [0.29, 0.717) is 6.04 Å². The summed E-state index contributed by atoms with van der Waals surface area (Å²) in [5, 5.41) is 12.2. The second kappa shape index (κ2) is 6.39. The van der Waals surface area contributed by atoms with E-state index in [1.807, 2.05) is 0 Å². The van der Waals surface area contributed by atoms with Gasteiger partial charge >= 0.3 is 0 Å². The maximum atomic E-state index is 8.75. The van der Waals surface area contributed by atoms with Gasteiger partial charge in [-0.2, -0.15) is 0 Å². The molecule has 0 aromatic heterocycles. The Bertz CT molecular complexity index is 121. The molecule has 78 valence electrons. The predicted octanol–water partition coefficient (Wildman–Crippen LogP) is 1.93. The van der Waals surface area contributed by atoms with Gasteiger partial charge < -0.3 is 10.4 Å². The van der Waals surface area contributed by atoms with E-state index >= 15 is 0 Å². The maximum absolute atomic E-state index is 8.75. The minimum Gasteiger partial charge on any atom is -0.395 e. The molecule has 0 radical (unpaired) electrons. The molecule has 1 atom stereocenters. The van der Waals surface area contributed by atoms with E-state index in [-0.39, 0.29) is 6.61 Å². The molecule has 1 rings (SSSR count). The van der Waals surface area contributed by atoms with Crippen molar-refractivity contribution in [3.63, 3.8) is 0 Å². The second-order valence-electron chi connectivity index (χ2n) is 4.09. The third-order valence-electron chi connectivity index (χ3n) is 3.18. The quantitative estimate of drug-likeness (QED) is 0.686. The molecule has 1 unspecified atom stereocenters. The first-order valence-corrected chi connectivity index (χ1v) is 5.72. The molecule has 2 nitrogen and oxygen atoms in total. The van der Waals surface area contributed by atoms with Crippen molar-refractivity contribution in [2.75, 3.05) is 13.2 Å². The summed E-state index contributed by atoms with van der Waals surface area (Å²) in [6.07, 6.45) is 8.20. The molecule has 1 aliphatic carbocycles. The average molecular weight is 185 g/mol. The van der Waals surface area contributed by atoms with Gasteiger partial charge in [0.15, 0.2) is 0 Å². The van der Waals surface area contributed by atoms with Gasteiger partial charge in [-0.1, -0.05) is 26.2 Å². The fourth-order valence-electron chi connectivity index (χ4n) is 2.43. The van der Waals surface area contributed by atoms with Crippen LogP contribution in [-0.2, 0) is 0 Å². The molecule has 0 aromatic carbocycles. The fraction of sp³-hybridized carbons (Fsp3) is 1.00. The average Bonchev–Trinajstić information content (AvgIpc) is 2.21. The summed E-state index contributed by atoms with van der Waals surface area (Å²) in [5.74, 6) is 0.866. The molecule has 0 amide bonds. The molecule has 1 aliphatic rings. The molecule has 13 heavy (non-hydrogen) atoms. The third-order valence-corrected chi connectivity index (χ3v) is 3.18. The van der Waals surface area contributed by atoms with Crippen molar-refractivity contribution in [3.8, 4) is 0 Å². The first kappa shape index (κ1) is 11.0. The molecule has 1 saturated carbocycles. The van der Waals surface area contributed by atoms with E-state index in [1.54, 1.807) is 0 Å². The number of rotatable bonds is 5. The van der Waals surface area contributed by atoms with Crippen LogP contribution in [0.2, 0.25) is 0 Å². The van der Waals surface area contributed by atoms with Gasteiger partial charge in [0.25, 0.3) is 0 Å². The van der Waals surface area contributed by atoms with E-state index < -0.39 is 0 Å². The predicted molar refractivity (Wildman–Crippen MR) is 55.7 cm³/mol. The highest BCUT2D eigenvalue weighted by molar-refractivity contribution is 4.78. The summed E-state index contributed by atoms with van der Waals surface area (Å²) in [5.41, 5.74) is 0. The molecular weight excluding hydrogens is 162 g/mol. The van der Waals surface area contributed by atoms with Crippen molar-refractivity contribution >= 4 is 0 Å². The summed E-state index contributed by atoms with van der Waals surface area (Å²) in [4.78, 5) is 0. The van der Waals surface area contributed by atoms with Crippen molar-refractivity contribution in [1.29, 1.82) is 0 Å². The van der Waals surface area contributed by atoms with Crippen molar-refractivity contribution in [1.82, 2.24) is 5.32 Å². The highest BCUT2D eigenvalue weighted by Crippen LogP contribution is 2.27. The lowest BCUT2D eigenvalue weighted by atomic mass is 9.83. The summed E-state index contributed by atoms with van der Waals surface area (Å²) >= 11 is 0. The molecule has 1 fully saturated rings. The van der Waals surface area contributed by atoms with E-state index in [9.17, 15) is 0 Å². The van der Waals surface area contributed by atoms with Crippen molar-refractivity contribution in [3.05, 3.63) is 0 Å². The first-order valence-electron chi connectivity index (χ1n) is 5.72. The van der Waals surface area contributed by atoms with Crippen molar-refractivity contribution in [2.45, 2.75) is 51.5 Å². The molecule has 0 aromatic rings. The molecule has 0 bridgehead atoms. The number of aliphatic hydroxyl groups excluding tert-OH is 1. The molecule has 0 spiro atoms.